The molecule has 0 spiro atoms. The molecule has 0 fully saturated rings. The Balaban J connectivity index is 0.00000240. The molecule has 4 amide bonds. The van der Waals surface area contributed by atoms with Gasteiger partial charge in [-0.05, 0) is 79.8 Å². The van der Waals surface area contributed by atoms with Crippen LogP contribution in [0.15, 0.2) is 117 Å². The highest BCUT2D eigenvalue weighted by Gasteiger charge is 2.34. The van der Waals surface area contributed by atoms with Crippen LogP contribution in [0.5, 0.6) is 0 Å². The van der Waals surface area contributed by atoms with Crippen LogP contribution < -0.4 is 19.0 Å². The first-order valence-electron chi connectivity index (χ1n) is 22.4. The van der Waals surface area contributed by atoms with E-state index in [1.54, 1.807) is 0 Å². The van der Waals surface area contributed by atoms with Gasteiger partial charge in [0.15, 0.2) is 0 Å². The standard InChI is InChI=1S/C50H55N9O4.3CH3/c1-52-28-30-54(34-52)23-7-4-12-37-17-18-42-45-38(37)13-8-15-40(45)47(60)59(49(42)62)27-11-25-57-33-32-56(36-57)22-5-3-6-26-58-48(61)41-16-9-14-39-44(20-19-43(46(39)41)50(58)63)51-21-10-24-55-31-29-53(2)35-55;;;/h8-9,13-20,28-36H,3-7,10-12,21-27H2,1-2H3;3*1H3/q+2;3*-1/p+1. The molecule has 0 unspecified atom stereocenters. The van der Waals surface area contributed by atoms with Crippen LogP contribution in [0.4, 0.5) is 5.69 Å². The highest BCUT2D eigenvalue weighted by molar-refractivity contribution is 6.27. The van der Waals surface area contributed by atoms with Gasteiger partial charge in [0.25, 0.3) is 23.6 Å². The highest BCUT2D eigenvalue weighted by Crippen LogP contribution is 2.35. The lowest BCUT2D eigenvalue weighted by Gasteiger charge is -2.28. The van der Waals surface area contributed by atoms with Gasteiger partial charge in [-0.1, -0.05) is 30.3 Å². The van der Waals surface area contributed by atoms with Crippen LogP contribution >= 0.6 is 0 Å². The third-order valence-electron chi connectivity index (χ3n) is 12.6. The number of amides is 4. The Labute approximate surface area is 389 Å². The lowest BCUT2D eigenvalue weighted by molar-refractivity contribution is -0.696. The third-order valence-corrected chi connectivity index (χ3v) is 12.6. The van der Waals surface area contributed by atoms with Crippen LogP contribution in [0.1, 0.15) is 91.9 Å². The number of nitrogens with zero attached hydrogens (tertiary/aromatic N) is 8. The molecule has 346 valence electrons. The number of imide groups is 2. The van der Waals surface area contributed by atoms with Crippen LogP contribution in [0.3, 0.4) is 0 Å². The second-order valence-corrected chi connectivity index (χ2v) is 17.1. The molecule has 2 aliphatic rings. The smallest absolute Gasteiger partial charge is 0.261 e. The van der Waals surface area contributed by atoms with Crippen LogP contribution in [-0.4, -0.2) is 66.8 Å². The van der Waals surface area contributed by atoms with Gasteiger partial charge in [-0.15, -0.1) is 0 Å². The zero-order valence-electron chi connectivity index (χ0n) is 39.3. The van der Waals surface area contributed by atoms with E-state index in [-0.39, 0.29) is 45.9 Å². The monoisotopic (exact) mass is 892 g/mol. The number of nitrogens with one attached hydrogen (secondary N) is 1. The van der Waals surface area contributed by atoms with Crippen molar-refractivity contribution in [1.29, 1.82) is 0 Å². The number of hydrogen-bond acceptors (Lipinski definition) is 5. The summed E-state index contributed by atoms with van der Waals surface area (Å²) in [5.74, 6) is -0.908. The summed E-state index contributed by atoms with van der Waals surface area (Å²) in [6.45, 7) is 4.80. The fraction of sp³-hybridized carbons (Fsp3) is 0.321. The first-order valence-corrected chi connectivity index (χ1v) is 22.4. The van der Waals surface area contributed by atoms with Crippen molar-refractivity contribution in [3.8, 4) is 0 Å². The van der Waals surface area contributed by atoms with Gasteiger partial charge in [-0.3, -0.25) is 29.0 Å². The van der Waals surface area contributed by atoms with Crippen molar-refractivity contribution < 1.29 is 32.9 Å². The molecular weight excluding hydrogens is 827 g/mol. The van der Waals surface area contributed by atoms with Crippen LogP contribution in [0.25, 0.3) is 21.5 Å². The fourth-order valence-electron chi connectivity index (χ4n) is 9.35. The van der Waals surface area contributed by atoms with Gasteiger partial charge in [0.2, 0.25) is 19.0 Å². The first kappa shape index (κ1) is 48.6. The molecular formula is C53H65N9O4. The maximum atomic E-state index is 13.7. The summed E-state index contributed by atoms with van der Waals surface area (Å²) >= 11 is 0. The molecule has 9 rings (SSSR count). The van der Waals surface area contributed by atoms with Crippen molar-refractivity contribution in [2.75, 3.05) is 25.0 Å². The zero-order chi connectivity index (χ0) is 43.5. The van der Waals surface area contributed by atoms with E-state index in [1.165, 1.54) is 15.4 Å². The van der Waals surface area contributed by atoms with Gasteiger partial charge in [-0.25, -0.2) is 27.4 Å². The quantitative estimate of drug-likeness (QED) is 0.0372. The van der Waals surface area contributed by atoms with Crippen molar-refractivity contribution in [1.82, 2.24) is 23.5 Å². The Bertz CT molecular complexity index is 2810. The number of aryl methyl sites for hydroxylation is 7. The largest absolute Gasteiger partial charge is 0.384 e. The van der Waals surface area contributed by atoms with E-state index in [9.17, 15) is 19.2 Å². The van der Waals surface area contributed by atoms with E-state index in [2.05, 4.69) is 61.0 Å². The van der Waals surface area contributed by atoms with Gasteiger partial charge in [0.1, 0.15) is 37.2 Å². The predicted octanol–water partition coefficient (Wildman–Crippen LogP) is 7.36. The number of unbranched alkanes of at least 4 members (excludes halogenated alkanes) is 3. The van der Waals surface area contributed by atoms with Crippen LogP contribution in [-0.2, 0) is 46.7 Å². The maximum Gasteiger partial charge on any atom is 0.261 e. The van der Waals surface area contributed by atoms with E-state index in [0.29, 0.717) is 54.7 Å². The Morgan fingerprint density at radius 2 is 0.985 bits per heavy atom. The molecule has 66 heavy (non-hydrogen) atoms. The molecule has 4 aromatic carbocycles. The number of imidazole rings is 3. The van der Waals surface area contributed by atoms with Gasteiger partial charge in [0.05, 0.1) is 40.3 Å². The van der Waals surface area contributed by atoms with Gasteiger partial charge in [-0.2, -0.15) is 0 Å². The molecule has 0 saturated carbocycles. The van der Waals surface area contributed by atoms with Crippen molar-refractivity contribution in [2.24, 2.45) is 14.1 Å². The molecule has 0 aliphatic carbocycles. The first-order chi connectivity index (χ1) is 30.7. The predicted molar refractivity (Wildman–Crippen MR) is 258 cm³/mol. The topological polar surface area (TPSA) is 113 Å². The molecule has 0 radical (unpaired) electrons. The summed E-state index contributed by atoms with van der Waals surface area (Å²) in [5, 5.41) is 6.95. The maximum absolute atomic E-state index is 13.7. The molecule has 0 bridgehead atoms. The summed E-state index contributed by atoms with van der Waals surface area (Å²) in [6.07, 6.45) is 25.4. The summed E-state index contributed by atoms with van der Waals surface area (Å²) in [5.41, 5.74) is 4.46. The molecule has 1 N–H and O–H groups in total. The Kier molecular flexibility index (Phi) is 15.7. The summed E-state index contributed by atoms with van der Waals surface area (Å²) < 4.78 is 12.6. The minimum Gasteiger partial charge on any atom is -0.384 e. The van der Waals surface area contributed by atoms with E-state index >= 15 is 0 Å². The van der Waals surface area contributed by atoms with Crippen molar-refractivity contribution in [3.05, 3.63) is 167 Å². The lowest BCUT2D eigenvalue weighted by Crippen LogP contribution is -2.42. The summed E-state index contributed by atoms with van der Waals surface area (Å²) in [4.78, 5) is 57.6. The lowest BCUT2D eigenvalue weighted by atomic mass is 9.90. The SMILES string of the molecule is C[n+]1ccn(CCCCc2ccc3c4c(cccc24)C(=O)N(CCC[n+]2ccn(CCCCCN4C(=O)c5cccc6c(NCCCn7cc[n+](C)c7)ccc(c56)C4=O)c2)C3=O)c1.[CH3-].[CH3-].[CH3-]. The van der Waals surface area contributed by atoms with E-state index in [0.717, 1.165) is 91.9 Å². The summed E-state index contributed by atoms with van der Waals surface area (Å²) in [7, 11) is 4.03. The number of hydrogen-bond donors (Lipinski definition) is 1. The molecule has 13 heteroatoms. The van der Waals surface area contributed by atoms with Crippen molar-refractivity contribution in [3.63, 3.8) is 0 Å². The zero-order valence-corrected chi connectivity index (χ0v) is 39.3. The molecule has 2 aliphatic heterocycles. The third kappa shape index (κ3) is 10.00. The van der Waals surface area contributed by atoms with Gasteiger partial charge >= 0.3 is 0 Å². The summed E-state index contributed by atoms with van der Waals surface area (Å²) in [6, 6.07) is 19.3. The molecule has 13 nitrogen and oxygen atoms in total. The van der Waals surface area contributed by atoms with E-state index < -0.39 is 0 Å². The molecule has 3 aromatic heterocycles. The number of anilines is 1. The minimum absolute atomic E-state index is 0. The van der Waals surface area contributed by atoms with Crippen molar-refractivity contribution in [2.45, 2.75) is 77.5 Å². The van der Waals surface area contributed by atoms with Gasteiger partial charge < -0.3 is 27.6 Å². The Hall–Kier alpha value is -6.89. The molecule has 5 heterocycles. The van der Waals surface area contributed by atoms with E-state index in [1.807, 2.05) is 103 Å². The second-order valence-electron chi connectivity index (χ2n) is 17.1. The average molecular weight is 892 g/mol. The minimum atomic E-state index is -0.231. The normalized spacial score (nSPS) is 13.0. The Morgan fingerprint density at radius 1 is 0.485 bits per heavy atom. The van der Waals surface area contributed by atoms with Crippen LogP contribution in [0, 0.1) is 22.3 Å². The van der Waals surface area contributed by atoms with Crippen LogP contribution in [0.2, 0.25) is 0 Å². The average Bonchev–Trinajstić information content (AvgIpc) is 4.05. The molecule has 7 aromatic rings. The number of rotatable bonds is 20. The van der Waals surface area contributed by atoms with Gasteiger partial charge in [0, 0.05) is 76.6 Å². The van der Waals surface area contributed by atoms with Crippen molar-refractivity contribution >= 4 is 50.9 Å². The molecule has 0 atom stereocenters. The fourth-order valence-corrected chi connectivity index (χ4v) is 9.35. The second kappa shape index (κ2) is 21.4. The number of carbonyl (C=O) groups excluding carboxylic acids is 4. The number of carbonyl (C=O) groups is 4. The highest BCUT2D eigenvalue weighted by atomic mass is 16.2. The number of aromatic nitrogens is 6. The Morgan fingerprint density at radius 3 is 1.61 bits per heavy atom. The molecule has 0 saturated heterocycles. The number of benzene rings is 4. The van der Waals surface area contributed by atoms with E-state index in [4.69, 9.17) is 0 Å².